The molecule has 2 rings (SSSR count). The maximum atomic E-state index is 12.7. The summed E-state index contributed by atoms with van der Waals surface area (Å²) in [6.07, 6.45) is -4.43. The third-order valence-corrected chi connectivity index (χ3v) is 3.05. The molecule has 0 aliphatic carbocycles. The van der Waals surface area contributed by atoms with Gasteiger partial charge in [-0.2, -0.15) is 13.2 Å². The Labute approximate surface area is 102 Å². The van der Waals surface area contributed by atoms with Crippen molar-refractivity contribution in [3.05, 3.63) is 34.3 Å². The van der Waals surface area contributed by atoms with Crippen LogP contribution < -0.4 is 5.32 Å². The van der Waals surface area contributed by atoms with E-state index in [1.807, 2.05) is 0 Å². The summed E-state index contributed by atoms with van der Waals surface area (Å²) in [5.41, 5.74) is -0.370. The number of morpholine rings is 1. The summed E-state index contributed by atoms with van der Waals surface area (Å²) in [6.45, 7) is 1.51. The molecule has 2 nitrogen and oxygen atoms in total. The van der Waals surface area contributed by atoms with Gasteiger partial charge in [0.1, 0.15) is 0 Å². The van der Waals surface area contributed by atoms with E-state index < -0.39 is 11.7 Å². The average Bonchev–Trinajstić information content (AvgIpc) is 2.29. The van der Waals surface area contributed by atoms with Crippen LogP contribution in [0.25, 0.3) is 0 Å². The third kappa shape index (κ3) is 2.73. The maximum absolute atomic E-state index is 12.7. The van der Waals surface area contributed by atoms with Crippen molar-refractivity contribution in [1.29, 1.82) is 0 Å². The number of rotatable bonds is 1. The van der Waals surface area contributed by atoms with Crippen molar-refractivity contribution in [3.8, 4) is 0 Å². The van der Waals surface area contributed by atoms with Crippen molar-refractivity contribution < 1.29 is 17.9 Å². The number of hydrogen-bond acceptors (Lipinski definition) is 2. The summed E-state index contributed by atoms with van der Waals surface area (Å²) in [5, 5.41) is 2.83. The lowest BCUT2D eigenvalue weighted by Crippen LogP contribution is -2.34. The standard InChI is InChI=1S/C11H11ClF3NO/c12-10-7(9-6-17-5-4-16-9)2-1-3-8(10)11(13,14)15/h1-3,9,16H,4-6H2/t9-/m1/s1. The molecule has 1 N–H and O–H groups in total. The van der Waals surface area contributed by atoms with Crippen LogP contribution in [-0.2, 0) is 10.9 Å². The second-order valence-corrected chi connectivity index (χ2v) is 4.17. The summed E-state index contributed by atoms with van der Waals surface area (Å²) in [5.74, 6) is 0. The van der Waals surface area contributed by atoms with Gasteiger partial charge in [-0.3, -0.25) is 0 Å². The lowest BCUT2D eigenvalue weighted by atomic mass is 10.0. The number of hydrogen-bond donors (Lipinski definition) is 1. The second kappa shape index (κ2) is 4.84. The molecule has 1 aliphatic rings. The third-order valence-electron chi connectivity index (χ3n) is 2.63. The Hall–Kier alpha value is -0.780. The van der Waals surface area contributed by atoms with Crippen molar-refractivity contribution in [2.45, 2.75) is 12.2 Å². The molecule has 1 aliphatic heterocycles. The van der Waals surface area contributed by atoms with E-state index in [-0.39, 0.29) is 11.1 Å². The van der Waals surface area contributed by atoms with Crippen LogP contribution in [0.2, 0.25) is 5.02 Å². The molecule has 0 amide bonds. The smallest absolute Gasteiger partial charge is 0.378 e. The Morgan fingerprint density at radius 2 is 2.12 bits per heavy atom. The molecule has 94 valence electrons. The molecule has 1 aromatic rings. The van der Waals surface area contributed by atoms with Crippen molar-refractivity contribution in [2.75, 3.05) is 19.8 Å². The van der Waals surface area contributed by atoms with Crippen molar-refractivity contribution in [3.63, 3.8) is 0 Å². The highest BCUT2D eigenvalue weighted by Gasteiger charge is 2.34. The van der Waals surface area contributed by atoms with Crippen LogP contribution in [-0.4, -0.2) is 19.8 Å². The molecule has 0 saturated carbocycles. The van der Waals surface area contributed by atoms with Crippen molar-refractivity contribution in [1.82, 2.24) is 5.32 Å². The van der Waals surface area contributed by atoms with Crippen LogP contribution in [0, 0.1) is 0 Å². The van der Waals surface area contributed by atoms with E-state index in [1.54, 1.807) is 6.07 Å². The second-order valence-electron chi connectivity index (χ2n) is 3.79. The molecule has 17 heavy (non-hydrogen) atoms. The van der Waals surface area contributed by atoms with Crippen molar-refractivity contribution >= 4 is 11.6 Å². The maximum Gasteiger partial charge on any atom is 0.417 e. The molecule has 0 aromatic heterocycles. The zero-order valence-electron chi connectivity index (χ0n) is 8.85. The topological polar surface area (TPSA) is 21.3 Å². The molecule has 0 radical (unpaired) electrons. The lowest BCUT2D eigenvalue weighted by molar-refractivity contribution is -0.137. The van der Waals surface area contributed by atoms with Gasteiger partial charge < -0.3 is 10.1 Å². The van der Waals surface area contributed by atoms with Gasteiger partial charge in [0.05, 0.1) is 29.8 Å². The molecule has 1 heterocycles. The molecule has 1 aromatic carbocycles. The summed E-state index contributed by atoms with van der Waals surface area (Å²) in [4.78, 5) is 0. The fourth-order valence-electron chi connectivity index (χ4n) is 1.80. The van der Waals surface area contributed by atoms with Crippen LogP contribution >= 0.6 is 11.6 Å². The zero-order valence-corrected chi connectivity index (χ0v) is 9.61. The van der Waals surface area contributed by atoms with Gasteiger partial charge in [-0.25, -0.2) is 0 Å². The van der Waals surface area contributed by atoms with Crippen LogP contribution in [0.15, 0.2) is 18.2 Å². The summed E-state index contributed by atoms with van der Waals surface area (Å²) >= 11 is 5.81. The molecule has 6 heteroatoms. The molecule has 1 saturated heterocycles. The average molecular weight is 266 g/mol. The summed E-state index contributed by atoms with van der Waals surface area (Å²) in [6, 6.07) is 3.65. The highest BCUT2D eigenvalue weighted by molar-refractivity contribution is 6.32. The van der Waals surface area contributed by atoms with E-state index >= 15 is 0 Å². The van der Waals surface area contributed by atoms with Gasteiger partial charge >= 0.3 is 6.18 Å². The van der Waals surface area contributed by atoms with E-state index in [1.165, 1.54) is 6.07 Å². The molecule has 0 bridgehead atoms. The largest absolute Gasteiger partial charge is 0.417 e. The van der Waals surface area contributed by atoms with Gasteiger partial charge in [-0.05, 0) is 11.6 Å². The van der Waals surface area contributed by atoms with E-state index in [0.29, 0.717) is 25.3 Å². The minimum Gasteiger partial charge on any atom is -0.378 e. The highest BCUT2D eigenvalue weighted by Crippen LogP contribution is 2.38. The van der Waals surface area contributed by atoms with Crippen molar-refractivity contribution in [2.24, 2.45) is 0 Å². The number of nitrogens with one attached hydrogen (secondary N) is 1. The SMILES string of the molecule is FC(F)(F)c1cccc([C@H]2COCCN2)c1Cl. The monoisotopic (exact) mass is 265 g/mol. The molecular weight excluding hydrogens is 255 g/mol. The normalized spacial score (nSPS) is 21.5. The summed E-state index contributed by atoms with van der Waals surface area (Å²) in [7, 11) is 0. The first-order valence-electron chi connectivity index (χ1n) is 5.17. The zero-order chi connectivity index (χ0) is 12.5. The Morgan fingerprint density at radius 3 is 2.71 bits per heavy atom. The van der Waals surface area contributed by atoms with Gasteiger partial charge in [0.2, 0.25) is 0 Å². The van der Waals surface area contributed by atoms with Gasteiger partial charge in [-0.1, -0.05) is 23.7 Å². The molecule has 0 spiro atoms. The van der Waals surface area contributed by atoms with Gasteiger partial charge in [0.25, 0.3) is 0 Å². The quantitative estimate of drug-likeness (QED) is 0.843. The van der Waals surface area contributed by atoms with E-state index in [9.17, 15) is 13.2 Å². The Bertz CT molecular complexity index is 402. The van der Waals surface area contributed by atoms with Gasteiger partial charge in [0, 0.05) is 6.54 Å². The molecule has 1 atom stereocenters. The minimum absolute atomic E-state index is 0.247. The first kappa shape index (κ1) is 12.7. The fourth-order valence-corrected chi connectivity index (χ4v) is 2.17. The van der Waals surface area contributed by atoms with E-state index in [2.05, 4.69) is 5.32 Å². The van der Waals surface area contributed by atoms with Crippen LogP contribution in [0.4, 0.5) is 13.2 Å². The molecule has 1 fully saturated rings. The van der Waals surface area contributed by atoms with Gasteiger partial charge in [-0.15, -0.1) is 0 Å². The van der Waals surface area contributed by atoms with Crippen LogP contribution in [0.1, 0.15) is 17.2 Å². The predicted octanol–water partition coefficient (Wildman–Crippen LogP) is 3.02. The van der Waals surface area contributed by atoms with Gasteiger partial charge in [0.15, 0.2) is 0 Å². The number of benzene rings is 1. The summed E-state index contributed by atoms with van der Waals surface area (Å²) < 4.78 is 43.2. The van der Waals surface area contributed by atoms with E-state index in [0.717, 1.165) is 6.07 Å². The Balaban J connectivity index is 2.35. The number of alkyl halides is 3. The lowest BCUT2D eigenvalue weighted by Gasteiger charge is -2.25. The predicted molar refractivity (Wildman–Crippen MR) is 58.0 cm³/mol. The number of ether oxygens (including phenoxy) is 1. The molecule has 0 unspecified atom stereocenters. The van der Waals surface area contributed by atoms with E-state index in [4.69, 9.17) is 16.3 Å². The first-order valence-corrected chi connectivity index (χ1v) is 5.54. The first-order chi connectivity index (χ1) is 8.00. The Kier molecular flexibility index (Phi) is 3.61. The van der Waals surface area contributed by atoms with Crippen LogP contribution in [0.3, 0.4) is 0 Å². The highest BCUT2D eigenvalue weighted by atomic mass is 35.5. The van der Waals surface area contributed by atoms with Crippen LogP contribution in [0.5, 0.6) is 0 Å². The fraction of sp³-hybridized carbons (Fsp3) is 0.455. The Morgan fingerprint density at radius 1 is 1.35 bits per heavy atom. The molecular formula is C11H11ClF3NO. The minimum atomic E-state index is -4.43. The number of halogens is 4.